The standard InChI is InChI=1S/C8H3F6N3/c9-7(10,11)5-6(8(12,13)14)17-4(1-2-15)3-16-5/h3H,1H2. The lowest BCUT2D eigenvalue weighted by Crippen LogP contribution is -2.21. The van der Waals surface area contributed by atoms with E-state index in [0.717, 1.165) is 0 Å². The Balaban J connectivity index is 3.39. The van der Waals surface area contributed by atoms with E-state index in [1.54, 1.807) is 0 Å². The van der Waals surface area contributed by atoms with Crippen LogP contribution in [0, 0.1) is 11.3 Å². The van der Waals surface area contributed by atoms with Crippen LogP contribution < -0.4 is 0 Å². The van der Waals surface area contributed by atoms with Gasteiger partial charge in [-0.2, -0.15) is 31.6 Å². The van der Waals surface area contributed by atoms with Crippen molar-refractivity contribution in [2.45, 2.75) is 18.8 Å². The molecule has 0 saturated carbocycles. The van der Waals surface area contributed by atoms with Gasteiger partial charge in [0.05, 0.1) is 24.4 Å². The second-order valence-corrected chi connectivity index (χ2v) is 2.89. The Kier molecular flexibility index (Phi) is 3.26. The van der Waals surface area contributed by atoms with Crippen molar-refractivity contribution < 1.29 is 26.3 Å². The van der Waals surface area contributed by atoms with E-state index in [2.05, 4.69) is 9.97 Å². The van der Waals surface area contributed by atoms with Crippen LogP contribution in [0.5, 0.6) is 0 Å². The number of hydrogen-bond donors (Lipinski definition) is 0. The van der Waals surface area contributed by atoms with Gasteiger partial charge in [0.2, 0.25) is 0 Å². The highest BCUT2D eigenvalue weighted by molar-refractivity contribution is 5.21. The van der Waals surface area contributed by atoms with Crippen LogP contribution in [0.3, 0.4) is 0 Å². The van der Waals surface area contributed by atoms with Gasteiger partial charge in [-0.15, -0.1) is 0 Å². The van der Waals surface area contributed by atoms with Crippen molar-refractivity contribution in [3.05, 3.63) is 23.3 Å². The highest BCUT2D eigenvalue weighted by Gasteiger charge is 2.46. The summed E-state index contributed by atoms with van der Waals surface area (Å²) in [5.41, 5.74) is -4.70. The average Bonchev–Trinajstić information content (AvgIpc) is 2.15. The molecule has 0 unspecified atom stereocenters. The molecule has 0 bridgehead atoms. The van der Waals surface area contributed by atoms with Crippen molar-refractivity contribution >= 4 is 0 Å². The van der Waals surface area contributed by atoms with Crippen molar-refractivity contribution in [2.75, 3.05) is 0 Å². The number of nitrogens with zero attached hydrogens (tertiary/aromatic N) is 3. The van der Waals surface area contributed by atoms with Gasteiger partial charge in [0.1, 0.15) is 0 Å². The molecule has 0 saturated heterocycles. The molecule has 0 aliphatic carbocycles. The lowest BCUT2D eigenvalue weighted by molar-refractivity contribution is -0.167. The summed E-state index contributed by atoms with van der Waals surface area (Å²) in [6, 6.07) is 1.47. The van der Waals surface area contributed by atoms with Crippen molar-refractivity contribution in [1.82, 2.24) is 9.97 Å². The molecule has 0 amide bonds. The van der Waals surface area contributed by atoms with Gasteiger partial charge in [-0.3, -0.25) is 0 Å². The van der Waals surface area contributed by atoms with E-state index in [1.807, 2.05) is 0 Å². The smallest absolute Gasteiger partial charge is 0.248 e. The van der Waals surface area contributed by atoms with Gasteiger partial charge >= 0.3 is 12.4 Å². The number of alkyl halides is 6. The number of nitriles is 1. The summed E-state index contributed by atoms with van der Waals surface area (Å²) < 4.78 is 73.6. The predicted molar refractivity (Wildman–Crippen MR) is 41.4 cm³/mol. The van der Waals surface area contributed by atoms with Gasteiger partial charge in [-0.25, -0.2) is 9.97 Å². The molecular formula is C8H3F6N3. The molecule has 0 aliphatic rings. The minimum absolute atomic E-state index is 0.465. The van der Waals surface area contributed by atoms with Gasteiger partial charge < -0.3 is 0 Å². The van der Waals surface area contributed by atoms with Crippen LogP contribution in [0.2, 0.25) is 0 Å². The second-order valence-electron chi connectivity index (χ2n) is 2.89. The molecule has 0 atom stereocenters. The zero-order chi connectivity index (χ0) is 13.3. The van der Waals surface area contributed by atoms with Gasteiger partial charge in [-0.05, 0) is 0 Å². The maximum absolute atomic E-state index is 12.3. The van der Waals surface area contributed by atoms with Crippen LogP contribution >= 0.6 is 0 Å². The molecule has 1 aromatic rings. The molecule has 1 aromatic heterocycles. The van der Waals surface area contributed by atoms with E-state index >= 15 is 0 Å². The molecule has 0 spiro atoms. The summed E-state index contributed by atoms with van der Waals surface area (Å²) in [7, 11) is 0. The summed E-state index contributed by atoms with van der Waals surface area (Å²) >= 11 is 0. The van der Waals surface area contributed by atoms with E-state index in [9.17, 15) is 26.3 Å². The third-order valence-corrected chi connectivity index (χ3v) is 1.62. The average molecular weight is 255 g/mol. The summed E-state index contributed by atoms with van der Waals surface area (Å²) in [6.45, 7) is 0. The Morgan fingerprint density at radius 3 is 2.00 bits per heavy atom. The molecule has 0 N–H and O–H groups in total. The van der Waals surface area contributed by atoms with Crippen LogP contribution in [0.15, 0.2) is 6.20 Å². The molecule has 0 aromatic carbocycles. The summed E-state index contributed by atoms with van der Waals surface area (Å²) in [5, 5.41) is 8.22. The van der Waals surface area contributed by atoms with Crippen LogP contribution in [0.4, 0.5) is 26.3 Å². The molecule has 92 valence electrons. The van der Waals surface area contributed by atoms with Crippen molar-refractivity contribution in [3.8, 4) is 6.07 Å². The maximum atomic E-state index is 12.3. The third kappa shape index (κ3) is 3.05. The minimum atomic E-state index is -5.27. The molecular weight excluding hydrogens is 252 g/mol. The van der Waals surface area contributed by atoms with E-state index in [-0.39, 0.29) is 0 Å². The van der Waals surface area contributed by atoms with Gasteiger partial charge in [0, 0.05) is 0 Å². The summed E-state index contributed by atoms with van der Waals surface area (Å²) in [5.74, 6) is 0. The third-order valence-electron chi connectivity index (χ3n) is 1.62. The Bertz CT molecular complexity index is 456. The van der Waals surface area contributed by atoms with Crippen LogP contribution in [-0.4, -0.2) is 9.97 Å². The maximum Gasteiger partial charge on any atom is 0.435 e. The fraction of sp³-hybridized carbons (Fsp3) is 0.375. The van der Waals surface area contributed by atoms with Crippen molar-refractivity contribution in [1.29, 1.82) is 5.26 Å². The number of rotatable bonds is 1. The fourth-order valence-electron chi connectivity index (χ4n) is 0.997. The lowest BCUT2D eigenvalue weighted by Gasteiger charge is -2.13. The van der Waals surface area contributed by atoms with Gasteiger partial charge in [0.15, 0.2) is 11.4 Å². The van der Waals surface area contributed by atoms with E-state index in [1.165, 1.54) is 6.07 Å². The van der Waals surface area contributed by atoms with Gasteiger partial charge in [0.25, 0.3) is 0 Å². The quantitative estimate of drug-likeness (QED) is 0.724. The van der Waals surface area contributed by atoms with Crippen molar-refractivity contribution in [2.24, 2.45) is 0 Å². The number of halogens is 6. The first-order valence-electron chi connectivity index (χ1n) is 4.03. The Morgan fingerprint density at radius 2 is 1.59 bits per heavy atom. The zero-order valence-corrected chi connectivity index (χ0v) is 7.89. The molecule has 0 aliphatic heterocycles. The van der Waals surface area contributed by atoms with E-state index < -0.39 is 35.9 Å². The monoisotopic (exact) mass is 255 g/mol. The van der Waals surface area contributed by atoms with Gasteiger partial charge in [-0.1, -0.05) is 0 Å². The first-order valence-corrected chi connectivity index (χ1v) is 4.03. The second kappa shape index (κ2) is 4.20. The summed E-state index contributed by atoms with van der Waals surface area (Å²) in [4.78, 5) is 5.45. The largest absolute Gasteiger partial charge is 0.435 e. The zero-order valence-electron chi connectivity index (χ0n) is 7.89. The highest BCUT2D eigenvalue weighted by Crippen LogP contribution is 2.37. The van der Waals surface area contributed by atoms with Crippen molar-refractivity contribution in [3.63, 3.8) is 0 Å². The summed E-state index contributed by atoms with van der Waals surface area (Å²) in [6.07, 6.45) is -10.6. The Labute approximate surface area is 90.7 Å². The predicted octanol–water partition coefficient (Wildman–Crippen LogP) is 2.58. The SMILES string of the molecule is N#CCc1cnc(C(F)(F)F)c(C(F)(F)F)n1. The molecule has 1 heterocycles. The fourth-order valence-corrected chi connectivity index (χ4v) is 0.997. The Morgan fingerprint density at radius 1 is 1.06 bits per heavy atom. The normalized spacial score (nSPS) is 12.3. The Hall–Kier alpha value is -1.85. The molecule has 3 nitrogen and oxygen atoms in total. The molecule has 9 heteroatoms. The molecule has 17 heavy (non-hydrogen) atoms. The molecule has 0 radical (unpaired) electrons. The number of hydrogen-bond acceptors (Lipinski definition) is 3. The van der Waals surface area contributed by atoms with Crippen LogP contribution in [0.25, 0.3) is 0 Å². The minimum Gasteiger partial charge on any atom is -0.248 e. The van der Waals surface area contributed by atoms with Crippen LogP contribution in [0.1, 0.15) is 17.1 Å². The lowest BCUT2D eigenvalue weighted by atomic mass is 10.2. The van der Waals surface area contributed by atoms with E-state index in [0.29, 0.717) is 6.20 Å². The topological polar surface area (TPSA) is 49.6 Å². The van der Waals surface area contributed by atoms with Crippen LogP contribution in [-0.2, 0) is 18.8 Å². The first-order chi connectivity index (χ1) is 7.66. The molecule has 1 rings (SSSR count). The first kappa shape index (κ1) is 13.2. The molecule has 0 fully saturated rings. The van der Waals surface area contributed by atoms with E-state index in [4.69, 9.17) is 5.26 Å². The number of aromatic nitrogens is 2. The highest BCUT2D eigenvalue weighted by atomic mass is 19.4.